The molecule has 4 rings (SSSR count). The van der Waals surface area contributed by atoms with E-state index in [1.54, 1.807) is 0 Å². The Kier molecular flexibility index (Phi) is 4.75. The van der Waals surface area contributed by atoms with Gasteiger partial charge in [-0.05, 0) is 66.8 Å². The topological polar surface area (TPSA) is 34.1 Å². The van der Waals surface area contributed by atoms with Gasteiger partial charge in [-0.25, -0.2) is 0 Å². The van der Waals surface area contributed by atoms with Crippen molar-refractivity contribution in [3.05, 3.63) is 58.7 Å². The molecular formula is C25H28O2. The number of Topliss-reactive ketones (excluding diaryl/α,β-unsaturated/α-hetero) is 2. The average molecular weight is 360 g/mol. The zero-order chi connectivity index (χ0) is 19.1. The predicted octanol–water partition coefficient (Wildman–Crippen LogP) is 5.44. The van der Waals surface area contributed by atoms with Crippen molar-refractivity contribution in [2.75, 3.05) is 0 Å². The van der Waals surface area contributed by atoms with Crippen LogP contribution in [0, 0.1) is 18.8 Å². The standard InChI is InChI=1S/C25H28O2/c1-4-16-12-21(18-8-6-15(3)7-9-18)13-17(5-2)22(16)23-24(26)19-10-11-20(14-19)25(23)27/h6-9,12-13,19-20,23H,4-5,10-11,14H2,1-3H3/t19-,20+,23?. The van der Waals surface area contributed by atoms with Crippen molar-refractivity contribution in [2.45, 2.75) is 58.8 Å². The molecule has 140 valence electrons. The lowest BCUT2D eigenvalue weighted by Crippen LogP contribution is -2.36. The normalized spacial score (nSPS) is 24.5. The average Bonchev–Trinajstić information content (AvgIpc) is 3.14. The number of aryl methyl sites for hydroxylation is 3. The van der Waals surface area contributed by atoms with E-state index in [9.17, 15) is 9.59 Å². The Morgan fingerprint density at radius 3 is 1.81 bits per heavy atom. The molecule has 2 nitrogen and oxygen atoms in total. The molecule has 1 unspecified atom stereocenters. The maximum atomic E-state index is 13.1. The van der Waals surface area contributed by atoms with Gasteiger partial charge in [0.1, 0.15) is 5.92 Å². The number of carbonyl (C=O) groups excluding carboxylic acids is 2. The Morgan fingerprint density at radius 1 is 0.815 bits per heavy atom. The van der Waals surface area contributed by atoms with Crippen LogP contribution in [0.4, 0.5) is 0 Å². The Labute approximate surface area is 162 Å². The molecule has 0 spiro atoms. The molecule has 0 amide bonds. The highest BCUT2D eigenvalue weighted by Gasteiger charge is 2.48. The van der Waals surface area contributed by atoms with Crippen molar-refractivity contribution in [2.24, 2.45) is 11.8 Å². The number of benzene rings is 2. The molecule has 0 saturated heterocycles. The van der Waals surface area contributed by atoms with Gasteiger partial charge in [-0.2, -0.15) is 0 Å². The van der Waals surface area contributed by atoms with Gasteiger partial charge in [-0.15, -0.1) is 0 Å². The first-order valence-electron chi connectivity index (χ1n) is 10.3. The number of carbonyl (C=O) groups is 2. The quantitative estimate of drug-likeness (QED) is 0.681. The molecule has 2 heteroatoms. The number of hydrogen-bond acceptors (Lipinski definition) is 2. The van der Waals surface area contributed by atoms with Crippen molar-refractivity contribution in [3.8, 4) is 11.1 Å². The minimum Gasteiger partial charge on any atom is -0.298 e. The zero-order valence-corrected chi connectivity index (χ0v) is 16.5. The molecule has 27 heavy (non-hydrogen) atoms. The lowest BCUT2D eigenvalue weighted by molar-refractivity contribution is -0.136. The summed E-state index contributed by atoms with van der Waals surface area (Å²) >= 11 is 0. The third kappa shape index (κ3) is 3.05. The lowest BCUT2D eigenvalue weighted by atomic mass is 9.72. The third-order valence-electron chi connectivity index (χ3n) is 6.59. The van der Waals surface area contributed by atoms with Gasteiger partial charge in [0, 0.05) is 11.8 Å². The second-order valence-corrected chi connectivity index (χ2v) is 8.23. The molecule has 0 aromatic heterocycles. The molecule has 2 bridgehead atoms. The van der Waals surface area contributed by atoms with Crippen molar-refractivity contribution in [1.29, 1.82) is 0 Å². The highest BCUT2D eigenvalue weighted by molar-refractivity contribution is 6.12. The second-order valence-electron chi connectivity index (χ2n) is 8.23. The molecule has 2 aromatic rings. The Balaban J connectivity index is 1.84. The Bertz CT molecular complexity index is 844. The maximum Gasteiger partial charge on any atom is 0.150 e. The molecule has 3 atom stereocenters. The SMILES string of the molecule is CCc1cc(-c2ccc(C)cc2)cc(CC)c1C1C(=O)[C@@H]2CC[C@@H](C2)C1=O. The summed E-state index contributed by atoms with van der Waals surface area (Å²) in [4.78, 5) is 26.2. The van der Waals surface area contributed by atoms with E-state index in [0.29, 0.717) is 0 Å². The van der Waals surface area contributed by atoms with Gasteiger partial charge in [-0.3, -0.25) is 9.59 Å². The zero-order valence-electron chi connectivity index (χ0n) is 16.5. The molecule has 2 aliphatic rings. The summed E-state index contributed by atoms with van der Waals surface area (Å²) in [7, 11) is 0. The largest absolute Gasteiger partial charge is 0.298 e. The van der Waals surface area contributed by atoms with Crippen molar-refractivity contribution in [1.82, 2.24) is 0 Å². The van der Waals surface area contributed by atoms with E-state index in [4.69, 9.17) is 0 Å². The fourth-order valence-corrected chi connectivity index (χ4v) is 5.04. The Morgan fingerprint density at radius 2 is 1.33 bits per heavy atom. The van der Waals surface area contributed by atoms with Crippen LogP contribution in [0.5, 0.6) is 0 Å². The monoisotopic (exact) mass is 360 g/mol. The van der Waals surface area contributed by atoms with Gasteiger partial charge >= 0.3 is 0 Å². The van der Waals surface area contributed by atoms with Gasteiger partial charge in [0.2, 0.25) is 0 Å². The van der Waals surface area contributed by atoms with Crippen LogP contribution < -0.4 is 0 Å². The van der Waals surface area contributed by atoms with Gasteiger partial charge < -0.3 is 0 Å². The van der Waals surface area contributed by atoms with Crippen LogP contribution in [0.1, 0.15) is 61.3 Å². The van der Waals surface area contributed by atoms with Crippen LogP contribution in [0.2, 0.25) is 0 Å². The van der Waals surface area contributed by atoms with Crippen molar-refractivity contribution >= 4 is 11.6 Å². The number of ketones is 2. The first-order chi connectivity index (χ1) is 13.0. The third-order valence-corrected chi connectivity index (χ3v) is 6.59. The van der Waals surface area contributed by atoms with Crippen LogP contribution >= 0.6 is 0 Å². The predicted molar refractivity (Wildman–Crippen MR) is 109 cm³/mol. The van der Waals surface area contributed by atoms with Crippen LogP contribution in [0.3, 0.4) is 0 Å². The number of hydrogen-bond donors (Lipinski definition) is 0. The van der Waals surface area contributed by atoms with Crippen LogP contribution in [-0.2, 0) is 22.4 Å². The Hall–Kier alpha value is -2.22. The van der Waals surface area contributed by atoms with E-state index >= 15 is 0 Å². The highest BCUT2D eigenvalue weighted by Crippen LogP contribution is 2.46. The summed E-state index contributed by atoms with van der Waals surface area (Å²) in [5.74, 6) is 0.0449. The van der Waals surface area contributed by atoms with Crippen LogP contribution in [-0.4, -0.2) is 11.6 Å². The van der Waals surface area contributed by atoms with E-state index in [-0.39, 0.29) is 23.4 Å². The first-order valence-corrected chi connectivity index (χ1v) is 10.3. The van der Waals surface area contributed by atoms with E-state index in [2.05, 4.69) is 57.2 Å². The van der Waals surface area contributed by atoms with Gasteiger partial charge in [0.25, 0.3) is 0 Å². The molecule has 2 saturated carbocycles. The highest BCUT2D eigenvalue weighted by atomic mass is 16.2. The second kappa shape index (κ2) is 7.07. The summed E-state index contributed by atoms with van der Waals surface area (Å²) in [6.45, 7) is 6.35. The van der Waals surface area contributed by atoms with Gasteiger partial charge in [0.05, 0.1) is 0 Å². The van der Waals surface area contributed by atoms with Crippen LogP contribution in [0.15, 0.2) is 36.4 Å². The van der Waals surface area contributed by atoms with Gasteiger partial charge in [-0.1, -0.05) is 55.8 Å². The van der Waals surface area contributed by atoms with Crippen molar-refractivity contribution in [3.63, 3.8) is 0 Å². The summed E-state index contributed by atoms with van der Waals surface area (Å²) in [5, 5.41) is 0. The maximum absolute atomic E-state index is 13.1. The number of fused-ring (bicyclic) bond motifs is 2. The van der Waals surface area contributed by atoms with E-state index in [1.165, 1.54) is 16.7 Å². The molecule has 0 N–H and O–H groups in total. The molecular weight excluding hydrogens is 332 g/mol. The summed E-state index contributed by atoms with van der Waals surface area (Å²) in [6.07, 6.45) is 4.27. The molecule has 0 radical (unpaired) electrons. The smallest absolute Gasteiger partial charge is 0.150 e. The first kappa shape index (κ1) is 18.2. The van der Waals surface area contributed by atoms with E-state index < -0.39 is 5.92 Å². The number of rotatable bonds is 4. The van der Waals surface area contributed by atoms with Gasteiger partial charge in [0.15, 0.2) is 11.6 Å². The van der Waals surface area contributed by atoms with Crippen LogP contribution in [0.25, 0.3) is 11.1 Å². The lowest BCUT2D eigenvalue weighted by Gasteiger charge is -2.29. The molecule has 0 heterocycles. The molecule has 2 aliphatic carbocycles. The van der Waals surface area contributed by atoms with E-state index in [0.717, 1.165) is 48.8 Å². The minimum absolute atomic E-state index is 0.101. The summed E-state index contributed by atoms with van der Waals surface area (Å²) in [5.41, 5.74) is 6.98. The molecule has 2 aromatic carbocycles. The van der Waals surface area contributed by atoms with Crippen molar-refractivity contribution < 1.29 is 9.59 Å². The molecule has 2 fully saturated rings. The fourth-order valence-electron chi connectivity index (χ4n) is 5.04. The summed E-state index contributed by atoms with van der Waals surface area (Å²) in [6, 6.07) is 13.0. The fraction of sp³-hybridized carbons (Fsp3) is 0.440. The van der Waals surface area contributed by atoms with E-state index in [1.807, 2.05) is 0 Å². The molecule has 0 aliphatic heterocycles. The minimum atomic E-state index is -0.520. The summed E-state index contributed by atoms with van der Waals surface area (Å²) < 4.78 is 0.